The number of thioether (sulfide) groups is 1. The standard InChI is InChI=1S/C16H16N4S/c1-12-8-9-15(10-13(12)2)21-11-16-17-18-19-20(16)14-6-4-3-5-7-14/h3-10H,11H2,1-2H3. The maximum Gasteiger partial charge on any atom is 0.166 e. The molecule has 0 spiro atoms. The molecule has 0 N–H and O–H groups in total. The highest BCUT2D eigenvalue weighted by molar-refractivity contribution is 7.98. The van der Waals surface area contributed by atoms with Gasteiger partial charge in [0.1, 0.15) is 0 Å². The van der Waals surface area contributed by atoms with Crippen LogP contribution in [0, 0.1) is 13.8 Å². The first-order valence-corrected chi connectivity index (χ1v) is 7.75. The van der Waals surface area contributed by atoms with Crippen molar-refractivity contribution < 1.29 is 0 Å². The van der Waals surface area contributed by atoms with E-state index in [1.807, 2.05) is 30.3 Å². The van der Waals surface area contributed by atoms with E-state index in [1.54, 1.807) is 16.4 Å². The molecule has 0 aliphatic carbocycles. The van der Waals surface area contributed by atoms with Gasteiger partial charge in [0.25, 0.3) is 0 Å². The molecular weight excluding hydrogens is 280 g/mol. The number of benzene rings is 2. The van der Waals surface area contributed by atoms with Gasteiger partial charge in [0.05, 0.1) is 11.4 Å². The van der Waals surface area contributed by atoms with Crippen LogP contribution in [0.4, 0.5) is 0 Å². The van der Waals surface area contributed by atoms with E-state index in [0.29, 0.717) is 0 Å². The van der Waals surface area contributed by atoms with Gasteiger partial charge in [-0.15, -0.1) is 16.9 Å². The van der Waals surface area contributed by atoms with Gasteiger partial charge in [-0.3, -0.25) is 0 Å². The van der Waals surface area contributed by atoms with Crippen LogP contribution in [0.2, 0.25) is 0 Å². The van der Waals surface area contributed by atoms with Crippen molar-refractivity contribution >= 4 is 11.8 Å². The highest BCUT2D eigenvalue weighted by atomic mass is 32.2. The summed E-state index contributed by atoms with van der Waals surface area (Å²) in [5.41, 5.74) is 3.61. The van der Waals surface area contributed by atoms with Gasteiger partial charge in [-0.2, -0.15) is 4.68 Å². The first kappa shape index (κ1) is 13.8. The minimum Gasteiger partial charge on any atom is -0.196 e. The molecule has 4 nitrogen and oxygen atoms in total. The quantitative estimate of drug-likeness (QED) is 0.690. The van der Waals surface area contributed by atoms with Crippen molar-refractivity contribution in [1.82, 2.24) is 20.2 Å². The first-order chi connectivity index (χ1) is 10.2. The largest absolute Gasteiger partial charge is 0.196 e. The van der Waals surface area contributed by atoms with Crippen molar-refractivity contribution in [2.24, 2.45) is 0 Å². The number of hydrogen-bond donors (Lipinski definition) is 0. The topological polar surface area (TPSA) is 43.6 Å². The highest BCUT2D eigenvalue weighted by Crippen LogP contribution is 2.24. The Morgan fingerprint density at radius 3 is 2.57 bits per heavy atom. The predicted molar refractivity (Wildman–Crippen MR) is 84.6 cm³/mol. The van der Waals surface area contributed by atoms with Crippen LogP contribution in [0.5, 0.6) is 0 Å². The van der Waals surface area contributed by atoms with Crippen molar-refractivity contribution in [3.63, 3.8) is 0 Å². The Kier molecular flexibility index (Phi) is 4.01. The van der Waals surface area contributed by atoms with Crippen molar-refractivity contribution in [3.05, 3.63) is 65.5 Å². The Bertz CT molecular complexity index is 737. The van der Waals surface area contributed by atoms with Crippen LogP contribution in [-0.2, 0) is 5.75 Å². The number of nitrogens with zero attached hydrogens (tertiary/aromatic N) is 4. The molecule has 0 unspecified atom stereocenters. The third kappa shape index (κ3) is 3.13. The van der Waals surface area contributed by atoms with Gasteiger partial charge in [0.15, 0.2) is 5.82 Å². The molecule has 1 heterocycles. The fraction of sp³-hybridized carbons (Fsp3) is 0.188. The predicted octanol–water partition coefficient (Wildman–Crippen LogP) is 3.57. The summed E-state index contributed by atoms with van der Waals surface area (Å²) in [6.07, 6.45) is 0. The summed E-state index contributed by atoms with van der Waals surface area (Å²) in [6, 6.07) is 16.4. The van der Waals surface area contributed by atoms with Gasteiger partial charge in [0.2, 0.25) is 0 Å². The maximum atomic E-state index is 4.13. The molecule has 0 atom stereocenters. The Labute approximate surface area is 128 Å². The average Bonchev–Trinajstić information content (AvgIpc) is 2.98. The fourth-order valence-corrected chi connectivity index (χ4v) is 2.92. The van der Waals surface area contributed by atoms with Crippen molar-refractivity contribution in [2.75, 3.05) is 0 Å². The zero-order valence-electron chi connectivity index (χ0n) is 12.0. The molecule has 3 rings (SSSR count). The molecule has 106 valence electrons. The number of aromatic nitrogens is 4. The minimum absolute atomic E-state index is 0.740. The average molecular weight is 296 g/mol. The smallest absolute Gasteiger partial charge is 0.166 e. The number of rotatable bonds is 4. The second-order valence-corrected chi connectivity index (χ2v) is 5.93. The summed E-state index contributed by atoms with van der Waals surface area (Å²) in [5.74, 6) is 1.59. The monoisotopic (exact) mass is 296 g/mol. The summed E-state index contributed by atoms with van der Waals surface area (Å²) < 4.78 is 1.79. The number of hydrogen-bond acceptors (Lipinski definition) is 4. The van der Waals surface area contributed by atoms with E-state index in [4.69, 9.17) is 0 Å². The second-order valence-electron chi connectivity index (χ2n) is 4.88. The molecule has 0 bridgehead atoms. The number of para-hydroxylation sites is 1. The third-order valence-electron chi connectivity index (χ3n) is 3.38. The zero-order chi connectivity index (χ0) is 14.7. The van der Waals surface area contributed by atoms with Gasteiger partial charge in [0, 0.05) is 4.90 Å². The zero-order valence-corrected chi connectivity index (χ0v) is 12.8. The molecular formula is C16H16N4S. The van der Waals surface area contributed by atoms with Gasteiger partial charge in [-0.1, -0.05) is 24.3 Å². The molecule has 21 heavy (non-hydrogen) atoms. The van der Waals surface area contributed by atoms with Crippen molar-refractivity contribution in [2.45, 2.75) is 24.5 Å². The lowest BCUT2D eigenvalue weighted by atomic mass is 10.1. The summed E-state index contributed by atoms with van der Waals surface area (Å²) in [7, 11) is 0. The molecule has 0 saturated carbocycles. The maximum absolute atomic E-state index is 4.13. The molecule has 0 aliphatic rings. The summed E-state index contributed by atoms with van der Waals surface area (Å²) in [4.78, 5) is 1.24. The fourth-order valence-electron chi connectivity index (χ4n) is 2.02. The van der Waals surface area contributed by atoms with Gasteiger partial charge >= 0.3 is 0 Å². The molecule has 0 fully saturated rings. The van der Waals surface area contributed by atoms with Crippen LogP contribution in [0.15, 0.2) is 53.4 Å². The molecule has 5 heteroatoms. The van der Waals surface area contributed by atoms with Gasteiger partial charge < -0.3 is 0 Å². The van der Waals surface area contributed by atoms with Crippen LogP contribution in [0.3, 0.4) is 0 Å². The Balaban J connectivity index is 1.77. The summed E-state index contributed by atoms with van der Waals surface area (Å²) in [5, 5.41) is 12.0. The van der Waals surface area contributed by atoms with Crippen LogP contribution < -0.4 is 0 Å². The number of aryl methyl sites for hydroxylation is 2. The van der Waals surface area contributed by atoms with E-state index in [9.17, 15) is 0 Å². The molecule has 1 aromatic heterocycles. The molecule has 2 aromatic carbocycles. The summed E-state index contributed by atoms with van der Waals surface area (Å²) in [6.45, 7) is 4.26. The molecule has 0 aliphatic heterocycles. The number of tetrazole rings is 1. The highest BCUT2D eigenvalue weighted by Gasteiger charge is 2.08. The normalized spacial score (nSPS) is 10.8. The Hall–Kier alpha value is -2.14. The van der Waals surface area contributed by atoms with Crippen LogP contribution in [-0.4, -0.2) is 20.2 Å². The van der Waals surface area contributed by atoms with E-state index in [-0.39, 0.29) is 0 Å². The van der Waals surface area contributed by atoms with E-state index in [0.717, 1.165) is 17.3 Å². The van der Waals surface area contributed by atoms with E-state index < -0.39 is 0 Å². The van der Waals surface area contributed by atoms with Crippen molar-refractivity contribution in [3.8, 4) is 5.69 Å². The lowest BCUT2D eigenvalue weighted by Crippen LogP contribution is -2.01. The molecule has 0 amide bonds. The first-order valence-electron chi connectivity index (χ1n) is 6.77. The minimum atomic E-state index is 0.740. The van der Waals surface area contributed by atoms with Crippen LogP contribution >= 0.6 is 11.8 Å². The molecule has 0 saturated heterocycles. The van der Waals surface area contributed by atoms with E-state index in [2.05, 4.69) is 47.6 Å². The molecule has 3 aromatic rings. The molecule has 0 radical (unpaired) electrons. The third-order valence-corrected chi connectivity index (χ3v) is 4.37. The second kappa shape index (κ2) is 6.10. The SMILES string of the molecule is Cc1ccc(SCc2nnnn2-c2ccccc2)cc1C. The van der Waals surface area contributed by atoms with E-state index >= 15 is 0 Å². The Morgan fingerprint density at radius 1 is 1.00 bits per heavy atom. The summed E-state index contributed by atoms with van der Waals surface area (Å²) >= 11 is 1.75. The van der Waals surface area contributed by atoms with Crippen LogP contribution in [0.25, 0.3) is 5.69 Å². The lowest BCUT2D eigenvalue weighted by Gasteiger charge is -2.06. The lowest BCUT2D eigenvalue weighted by molar-refractivity contribution is 0.777. The van der Waals surface area contributed by atoms with Crippen molar-refractivity contribution in [1.29, 1.82) is 0 Å². The van der Waals surface area contributed by atoms with Crippen LogP contribution in [0.1, 0.15) is 17.0 Å². The van der Waals surface area contributed by atoms with E-state index in [1.165, 1.54) is 16.0 Å². The van der Waals surface area contributed by atoms with Gasteiger partial charge in [-0.05, 0) is 59.7 Å². The Morgan fingerprint density at radius 2 is 1.81 bits per heavy atom. The van der Waals surface area contributed by atoms with Gasteiger partial charge in [-0.25, -0.2) is 0 Å².